The SMILES string of the molecule is CCNC(=O)N1CCc2cc(Cl)cc(C3COCCN3C(=O)OC(C)(C)C)c2C1. The van der Waals surface area contributed by atoms with E-state index in [1.807, 2.05) is 39.8 Å². The minimum absolute atomic E-state index is 0.0806. The van der Waals surface area contributed by atoms with E-state index in [2.05, 4.69) is 5.32 Å². The predicted octanol–water partition coefficient (Wildman–Crippen LogP) is 3.74. The molecule has 0 aliphatic carbocycles. The normalized spacial score (nSPS) is 19.6. The molecule has 3 amide bonds. The zero-order chi connectivity index (χ0) is 21.2. The third-order valence-corrected chi connectivity index (χ3v) is 5.29. The molecule has 1 atom stereocenters. The van der Waals surface area contributed by atoms with Crippen LogP contribution in [0.15, 0.2) is 12.1 Å². The summed E-state index contributed by atoms with van der Waals surface area (Å²) in [5.41, 5.74) is 2.49. The Hall–Kier alpha value is -1.99. The van der Waals surface area contributed by atoms with Gasteiger partial charge in [0, 0.05) is 31.2 Å². The zero-order valence-corrected chi connectivity index (χ0v) is 18.3. The molecule has 1 aromatic rings. The van der Waals surface area contributed by atoms with Crippen molar-refractivity contribution in [2.75, 3.05) is 32.8 Å². The van der Waals surface area contributed by atoms with E-state index < -0.39 is 5.60 Å². The summed E-state index contributed by atoms with van der Waals surface area (Å²) < 4.78 is 11.3. The number of halogens is 1. The van der Waals surface area contributed by atoms with Gasteiger partial charge < -0.3 is 19.7 Å². The number of nitrogens with zero attached hydrogens (tertiary/aromatic N) is 2. The van der Waals surface area contributed by atoms with Crippen LogP contribution in [0.4, 0.5) is 9.59 Å². The summed E-state index contributed by atoms with van der Waals surface area (Å²) in [7, 11) is 0. The van der Waals surface area contributed by atoms with E-state index in [0.717, 1.165) is 23.1 Å². The summed E-state index contributed by atoms with van der Waals surface area (Å²) in [6.07, 6.45) is 0.357. The van der Waals surface area contributed by atoms with Gasteiger partial charge in [0.1, 0.15) is 5.60 Å². The van der Waals surface area contributed by atoms with Crippen LogP contribution in [0.25, 0.3) is 0 Å². The minimum Gasteiger partial charge on any atom is -0.444 e. The number of carbonyl (C=O) groups excluding carboxylic acids is 2. The van der Waals surface area contributed by atoms with Gasteiger partial charge in [-0.05, 0) is 62.9 Å². The second kappa shape index (κ2) is 8.79. The maximum atomic E-state index is 12.8. The Labute approximate surface area is 177 Å². The molecule has 1 aromatic carbocycles. The second-order valence-corrected chi connectivity index (χ2v) is 8.84. The Morgan fingerprint density at radius 1 is 1.31 bits per heavy atom. The molecular formula is C21H30ClN3O4. The van der Waals surface area contributed by atoms with Crippen molar-refractivity contribution in [3.63, 3.8) is 0 Å². The Balaban J connectivity index is 1.93. The standard InChI is InChI=1S/C21H30ClN3O4/c1-5-23-19(26)24-7-6-14-10-15(22)11-16(17(14)12-24)18-13-28-9-8-25(18)20(27)29-21(2,3)4/h10-11,18H,5-9,12-13H2,1-4H3,(H,23,26). The molecule has 3 rings (SSSR count). The minimum atomic E-state index is -0.581. The molecule has 1 unspecified atom stereocenters. The van der Waals surface area contributed by atoms with Crippen molar-refractivity contribution in [3.8, 4) is 0 Å². The van der Waals surface area contributed by atoms with Crippen LogP contribution in [-0.4, -0.2) is 60.4 Å². The van der Waals surface area contributed by atoms with Gasteiger partial charge in [0.05, 0.1) is 19.3 Å². The lowest BCUT2D eigenvalue weighted by molar-refractivity contribution is -0.0334. The fourth-order valence-electron chi connectivity index (χ4n) is 3.79. The van der Waals surface area contributed by atoms with E-state index in [0.29, 0.717) is 44.4 Å². The van der Waals surface area contributed by atoms with Crippen LogP contribution in [0.5, 0.6) is 0 Å². The molecule has 1 N–H and O–H groups in total. The summed E-state index contributed by atoms with van der Waals surface area (Å²) >= 11 is 6.42. The van der Waals surface area contributed by atoms with E-state index in [-0.39, 0.29) is 18.2 Å². The number of fused-ring (bicyclic) bond motifs is 1. The number of urea groups is 1. The predicted molar refractivity (Wildman–Crippen MR) is 111 cm³/mol. The molecule has 0 radical (unpaired) electrons. The molecule has 0 saturated carbocycles. The first kappa shape index (κ1) is 21.7. The zero-order valence-electron chi connectivity index (χ0n) is 17.6. The van der Waals surface area contributed by atoms with E-state index in [1.54, 1.807) is 9.80 Å². The van der Waals surface area contributed by atoms with E-state index in [9.17, 15) is 9.59 Å². The molecule has 2 aliphatic heterocycles. The van der Waals surface area contributed by atoms with Gasteiger partial charge >= 0.3 is 12.1 Å². The smallest absolute Gasteiger partial charge is 0.410 e. The van der Waals surface area contributed by atoms with Gasteiger partial charge in [0.2, 0.25) is 0 Å². The fourth-order valence-corrected chi connectivity index (χ4v) is 4.04. The first-order valence-electron chi connectivity index (χ1n) is 10.1. The molecule has 2 heterocycles. The van der Waals surface area contributed by atoms with Crippen molar-refractivity contribution < 1.29 is 19.1 Å². The van der Waals surface area contributed by atoms with E-state index in [4.69, 9.17) is 21.1 Å². The number of hydrogen-bond donors (Lipinski definition) is 1. The highest BCUT2D eigenvalue weighted by molar-refractivity contribution is 6.30. The van der Waals surface area contributed by atoms with Crippen LogP contribution >= 0.6 is 11.6 Å². The summed E-state index contributed by atoms with van der Waals surface area (Å²) in [6, 6.07) is 3.46. The Bertz CT molecular complexity index is 778. The highest BCUT2D eigenvalue weighted by Gasteiger charge is 2.35. The largest absolute Gasteiger partial charge is 0.444 e. The van der Waals surface area contributed by atoms with Crippen molar-refractivity contribution in [1.82, 2.24) is 15.1 Å². The van der Waals surface area contributed by atoms with E-state index >= 15 is 0 Å². The van der Waals surface area contributed by atoms with Crippen molar-refractivity contribution in [1.29, 1.82) is 0 Å². The van der Waals surface area contributed by atoms with Gasteiger partial charge in [-0.3, -0.25) is 4.90 Å². The lowest BCUT2D eigenvalue weighted by Gasteiger charge is -2.39. The number of morpholine rings is 1. The number of carbonyl (C=O) groups is 2. The Morgan fingerprint density at radius 2 is 2.07 bits per heavy atom. The van der Waals surface area contributed by atoms with Gasteiger partial charge in [-0.25, -0.2) is 9.59 Å². The number of benzene rings is 1. The molecule has 0 spiro atoms. The van der Waals surface area contributed by atoms with Crippen LogP contribution in [0.3, 0.4) is 0 Å². The Morgan fingerprint density at radius 3 is 2.76 bits per heavy atom. The highest BCUT2D eigenvalue weighted by Crippen LogP contribution is 2.35. The quantitative estimate of drug-likeness (QED) is 0.786. The molecule has 29 heavy (non-hydrogen) atoms. The van der Waals surface area contributed by atoms with Crippen LogP contribution < -0.4 is 5.32 Å². The lowest BCUT2D eigenvalue weighted by atomic mass is 9.90. The molecule has 0 aromatic heterocycles. The molecule has 1 fully saturated rings. The summed E-state index contributed by atoms with van der Waals surface area (Å²) in [5.74, 6) is 0. The molecular weight excluding hydrogens is 394 g/mol. The topological polar surface area (TPSA) is 71.1 Å². The third kappa shape index (κ3) is 5.14. The van der Waals surface area contributed by atoms with Crippen LogP contribution in [0.2, 0.25) is 5.02 Å². The van der Waals surface area contributed by atoms with E-state index in [1.165, 1.54) is 0 Å². The molecule has 7 nitrogen and oxygen atoms in total. The number of rotatable bonds is 2. The van der Waals surface area contributed by atoms with Crippen molar-refractivity contribution in [3.05, 3.63) is 33.8 Å². The monoisotopic (exact) mass is 423 g/mol. The van der Waals surface area contributed by atoms with Crippen LogP contribution in [0.1, 0.15) is 50.4 Å². The van der Waals surface area contributed by atoms with Crippen molar-refractivity contribution in [2.45, 2.75) is 52.3 Å². The number of hydrogen-bond acceptors (Lipinski definition) is 4. The summed E-state index contributed by atoms with van der Waals surface area (Å²) in [4.78, 5) is 28.7. The highest BCUT2D eigenvalue weighted by atomic mass is 35.5. The lowest BCUT2D eigenvalue weighted by Crippen LogP contribution is -2.47. The average molecular weight is 424 g/mol. The van der Waals surface area contributed by atoms with Gasteiger partial charge in [-0.1, -0.05) is 11.6 Å². The number of nitrogens with one attached hydrogen (secondary N) is 1. The van der Waals surface area contributed by atoms with Gasteiger partial charge in [-0.15, -0.1) is 0 Å². The molecule has 1 saturated heterocycles. The first-order chi connectivity index (χ1) is 13.7. The third-order valence-electron chi connectivity index (χ3n) is 5.07. The summed E-state index contributed by atoms with van der Waals surface area (Å²) in [5, 5.41) is 3.49. The molecule has 2 aliphatic rings. The molecule has 0 bridgehead atoms. The maximum Gasteiger partial charge on any atom is 0.410 e. The van der Waals surface area contributed by atoms with Gasteiger partial charge in [0.15, 0.2) is 0 Å². The number of ether oxygens (including phenoxy) is 2. The number of amides is 3. The average Bonchev–Trinajstić information content (AvgIpc) is 2.66. The fraction of sp³-hybridized carbons (Fsp3) is 0.619. The second-order valence-electron chi connectivity index (χ2n) is 8.40. The van der Waals surface area contributed by atoms with Gasteiger partial charge in [-0.2, -0.15) is 0 Å². The van der Waals surface area contributed by atoms with Crippen LogP contribution in [0, 0.1) is 0 Å². The molecule has 8 heteroatoms. The Kier molecular flexibility index (Phi) is 6.58. The van der Waals surface area contributed by atoms with Crippen LogP contribution in [-0.2, 0) is 22.4 Å². The first-order valence-corrected chi connectivity index (χ1v) is 10.5. The van der Waals surface area contributed by atoms with Crippen molar-refractivity contribution in [2.24, 2.45) is 0 Å². The summed E-state index contributed by atoms with van der Waals surface area (Å²) in [6.45, 7) is 10.4. The van der Waals surface area contributed by atoms with Crippen molar-refractivity contribution >= 4 is 23.7 Å². The maximum absolute atomic E-state index is 12.8. The molecule has 160 valence electrons. The van der Waals surface area contributed by atoms with Gasteiger partial charge in [0.25, 0.3) is 0 Å².